The lowest BCUT2D eigenvalue weighted by molar-refractivity contribution is 0.165. The first-order chi connectivity index (χ1) is 8.79. The predicted octanol–water partition coefficient (Wildman–Crippen LogP) is 1.49. The van der Waals surface area contributed by atoms with E-state index in [9.17, 15) is 4.79 Å². The van der Waals surface area contributed by atoms with Gasteiger partial charge in [-0.2, -0.15) is 5.10 Å². The van der Waals surface area contributed by atoms with Crippen LogP contribution in [0.25, 0.3) is 0 Å². The molecule has 1 aliphatic heterocycles. The summed E-state index contributed by atoms with van der Waals surface area (Å²) in [4.78, 5) is 13.6. The van der Waals surface area contributed by atoms with Gasteiger partial charge in [-0.05, 0) is 24.8 Å². The van der Waals surface area contributed by atoms with Gasteiger partial charge >= 0.3 is 6.03 Å². The molecule has 1 N–H and O–H groups in total. The number of rotatable bonds is 4. The molecule has 98 valence electrons. The van der Waals surface area contributed by atoms with Crippen LogP contribution in [0.2, 0.25) is 0 Å². The van der Waals surface area contributed by atoms with E-state index in [1.807, 2.05) is 21.8 Å². The molecule has 0 aliphatic carbocycles. The van der Waals surface area contributed by atoms with Crippen molar-refractivity contribution in [3.05, 3.63) is 31.1 Å². The first kappa shape index (κ1) is 12.7. The Labute approximate surface area is 107 Å². The zero-order valence-electron chi connectivity index (χ0n) is 10.6. The van der Waals surface area contributed by atoms with Gasteiger partial charge in [0.05, 0.1) is 0 Å². The highest BCUT2D eigenvalue weighted by molar-refractivity contribution is 5.74. The van der Waals surface area contributed by atoms with Gasteiger partial charge < -0.3 is 10.2 Å². The highest BCUT2D eigenvalue weighted by atomic mass is 16.2. The summed E-state index contributed by atoms with van der Waals surface area (Å²) >= 11 is 0. The lowest BCUT2D eigenvalue weighted by atomic mass is 9.97. The lowest BCUT2D eigenvalue weighted by Gasteiger charge is -2.31. The number of nitrogens with one attached hydrogen (secondary N) is 1. The maximum Gasteiger partial charge on any atom is 0.317 e. The maximum absolute atomic E-state index is 11.7. The van der Waals surface area contributed by atoms with Crippen molar-refractivity contribution in [2.75, 3.05) is 19.6 Å². The number of piperidine rings is 1. The molecule has 1 aromatic rings. The van der Waals surface area contributed by atoms with Crippen LogP contribution in [0.15, 0.2) is 31.1 Å². The Kier molecular flexibility index (Phi) is 4.39. The van der Waals surface area contributed by atoms with Gasteiger partial charge in [0.15, 0.2) is 0 Å². The van der Waals surface area contributed by atoms with Crippen molar-refractivity contribution >= 4 is 6.03 Å². The fraction of sp³-hybridized carbons (Fsp3) is 0.538. The molecule has 5 heteroatoms. The van der Waals surface area contributed by atoms with Crippen molar-refractivity contribution in [1.82, 2.24) is 20.0 Å². The van der Waals surface area contributed by atoms with E-state index in [4.69, 9.17) is 0 Å². The SMILES string of the molecule is C=CCNC(=O)N1CCC(Cn2cccn2)CC1. The number of aromatic nitrogens is 2. The monoisotopic (exact) mass is 248 g/mol. The fourth-order valence-corrected chi connectivity index (χ4v) is 2.26. The van der Waals surface area contributed by atoms with E-state index in [1.54, 1.807) is 12.3 Å². The molecule has 2 amide bonds. The lowest BCUT2D eigenvalue weighted by Crippen LogP contribution is -2.44. The third-order valence-corrected chi connectivity index (χ3v) is 3.30. The van der Waals surface area contributed by atoms with Crippen molar-refractivity contribution in [2.45, 2.75) is 19.4 Å². The van der Waals surface area contributed by atoms with Crippen LogP contribution in [-0.4, -0.2) is 40.3 Å². The van der Waals surface area contributed by atoms with Crippen molar-refractivity contribution in [1.29, 1.82) is 0 Å². The third-order valence-electron chi connectivity index (χ3n) is 3.30. The quantitative estimate of drug-likeness (QED) is 0.821. The molecular formula is C13H20N4O. The molecule has 18 heavy (non-hydrogen) atoms. The normalized spacial score (nSPS) is 16.6. The van der Waals surface area contributed by atoms with Crippen LogP contribution in [0.4, 0.5) is 4.79 Å². The molecule has 5 nitrogen and oxygen atoms in total. The van der Waals surface area contributed by atoms with Crippen LogP contribution >= 0.6 is 0 Å². The summed E-state index contributed by atoms with van der Waals surface area (Å²) in [6.07, 6.45) is 7.58. The number of hydrogen-bond acceptors (Lipinski definition) is 2. The van der Waals surface area contributed by atoms with Crippen LogP contribution in [0.5, 0.6) is 0 Å². The first-order valence-electron chi connectivity index (χ1n) is 6.40. The summed E-state index contributed by atoms with van der Waals surface area (Å²) in [6, 6.07) is 1.96. The number of urea groups is 1. The van der Waals surface area contributed by atoms with E-state index < -0.39 is 0 Å². The molecule has 0 radical (unpaired) electrons. The summed E-state index contributed by atoms with van der Waals surface area (Å²) < 4.78 is 1.97. The molecule has 2 rings (SSSR count). The molecule has 0 spiro atoms. The summed E-state index contributed by atoms with van der Waals surface area (Å²) in [5.74, 6) is 0.619. The zero-order valence-corrected chi connectivity index (χ0v) is 10.6. The average molecular weight is 248 g/mol. The van der Waals surface area contributed by atoms with Crippen molar-refractivity contribution in [3.63, 3.8) is 0 Å². The largest absolute Gasteiger partial charge is 0.335 e. The smallest absolute Gasteiger partial charge is 0.317 e. The van der Waals surface area contributed by atoms with Crippen LogP contribution < -0.4 is 5.32 Å². The predicted molar refractivity (Wildman–Crippen MR) is 70.1 cm³/mol. The second-order valence-electron chi connectivity index (χ2n) is 4.63. The van der Waals surface area contributed by atoms with Crippen LogP contribution in [-0.2, 0) is 6.54 Å². The molecule has 0 aromatic carbocycles. The minimum atomic E-state index is 0.0208. The van der Waals surface area contributed by atoms with Crippen molar-refractivity contribution < 1.29 is 4.79 Å². The van der Waals surface area contributed by atoms with Crippen LogP contribution in [0.3, 0.4) is 0 Å². The van der Waals surface area contributed by atoms with Crippen molar-refractivity contribution in [2.24, 2.45) is 5.92 Å². The number of hydrogen-bond donors (Lipinski definition) is 1. The van der Waals surface area contributed by atoms with E-state index in [2.05, 4.69) is 17.0 Å². The molecule has 0 bridgehead atoms. The van der Waals surface area contributed by atoms with Gasteiger partial charge in [0.2, 0.25) is 0 Å². The molecule has 0 unspecified atom stereocenters. The minimum Gasteiger partial charge on any atom is -0.335 e. The van der Waals surface area contributed by atoms with Crippen molar-refractivity contribution in [3.8, 4) is 0 Å². The van der Waals surface area contributed by atoms with Gasteiger partial charge in [-0.15, -0.1) is 6.58 Å². The second-order valence-corrected chi connectivity index (χ2v) is 4.63. The standard InChI is InChI=1S/C13H20N4O/c1-2-6-14-13(18)16-9-4-12(5-10-16)11-17-8-3-7-15-17/h2-3,7-8,12H,1,4-6,9-11H2,(H,14,18). The molecular weight excluding hydrogens is 228 g/mol. The highest BCUT2D eigenvalue weighted by Crippen LogP contribution is 2.18. The first-order valence-corrected chi connectivity index (χ1v) is 6.40. The van der Waals surface area contributed by atoms with E-state index in [1.165, 1.54) is 0 Å². The summed E-state index contributed by atoms with van der Waals surface area (Å²) in [5, 5.41) is 7.03. The Bertz CT molecular complexity index is 380. The maximum atomic E-state index is 11.7. The van der Waals surface area contributed by atoms with Crippen LogP contribution in [0, 0.1) is 5.92 Å². The molecule has 0 atom stereocenters. The Balaban J connectivity index is 1.74. The number of carbonyl (C=O) groups is 1. The average Bonchev–Trinajstić information content (AvgIpc) is 2.89. The number of amides is 2. The van der Waals surface area contributed by atoms with Gasteiger partial charge in [-0.1, -0.05) is 6.08 Å². The van der Waals surface area contributed by atoms with Gasteiger partial charge in [0.25, 0.3) is 0 Å². The number of nitrogens with zero attached hydrogens (tertiary/aromatic N) is 3. The van der Waals surface area contributed by atoms with E-state index >= 15 is 0 Å². The number of likely N-dealkylation sites (tertiary alicyclic amines) is 1. The third kappa shape index (κ3) is 3.35. The second kappa shape index (κ2) is 6.23. The van der Waals surface area contributed by atoms with E-state index in [0.29, 0.717) is 12.5 Å². The molecule has 0 saturated carbocycles. The Morgan fingerprint density at radius 1 is 1.50 bits per heavy atom. The highest BCUT2D eigenvalue weighted by Gasteiger charge is 2.22. The molecule has 1 fully saturated rings. The molecule has 1 saturated heterocycles. The van der Waals surface area contributed by atoms with E-state index in [0.717, 1.165) is 32.5 Å². The number of carbonyl (C=O) groups excluding carboxylic acids is 1. The zero-order chi connectivity index (χ0) is 12.8. The summed E-state index contributed by atoms with van der Waals surface area (Å²) in [5.41, 5.74) is 0. The Hall–Kier alpha value is -1.78. The van der Waals surface area contributed by atoms with Gasteiger partial charge in [0, 0.05) is 38.6 Å². The summed E-state index contributed by atoms with van der Waals surface area (Å²) in [7, 11) is 0. The van der Waals surface area contributed by atoms with Gasteiger partial charge in [0.1, 0.15) is 0 Å². The Morgan fingerprint density at radius 2 is 2.28 bits per heavy atom. The Morgan fingerprint density at radius 3 is 2.89 bits per heavy atom. The molecule has 1 aliphatic rings. The molecule has 2 heterocycles. The minimum absolute atomic E-state index is 0.0208. The van der Waals surface area contributed by atoms with Crippen LogP contribution in [0.1, 0.15) is 12.8 Å². The fourth-order valence-electron chi connectivity index (χ4n) is 2.26. The van der Waals surface area contributed by atoms with E-state index in [-0.39, 0.29) is 6.03 Å². The van der Waals surface area contributed by atoms with Gasteiger partial charge in [-0.25, -0.2) is 4.79 Å². The van der Waals surface area contributed by atoms with Gasteiger partial charge in [-0.3, -0.25) is 4.68 Å². The summed E-state index contributed by atoms with van der Waals surface area (Å²) in [6.45, 7) is 6.73. The topological polar surface area (TPSA) is 50.2 Å². The molecule has 1 aromatic heterocycles.